The first-order chi connectivity index (χ1) is 3.41. The monoisotopic (exact) mass is 760 g/mol. The molecule has 0 aliphatic rings. The van der Waals surface area contributed by atoms with Crippen molar-refractivity contribution in [1.29, 1.82) is 5.41 Å². The summed E-state index contributed by atoms with van der Waals surface area (Å²) in [6, 6.07) is 0. The van der Waals surface area contributed by atoms with E-state index < -0.39 is 4.00 Å². The Kier molecular flexibility index (Phi) is 14.6. The zero-order valence-corrected chi connectivity index (χ0v) is 16.2. The van der Waals surface area contributed by atoms with Crippen molar-refractivity contribution in [3.05, 3.63) is 0 Å². The van der Waals surface area contributed by atoms with Crippen molar-refractivity contribution in [3.63, 3.8) is 0 Å². The van der Waals surface area contributed by atoms with Gasteiger partial charge in [-0.25, -0.2) is 0 Å². The Morgan fingerprint density at radius 1 is 1.25 bits per heavy atom. The molecule has 0 aromatic carbocycles. The Morgan fingerprint density at radius 2 is 1.25 bits per heavy atom. The Labute approximate surface area is 89.5 Å². The molecule has 3 N–H and O–H groups in total. The molecule has 0 aliphatic carbocycles. The molecule has 0 aromatic heterocycles. The standard InChI is InChI=1S/CH4N2.4HI.Pb/c2-1-3;;;;;/h1H,(H3,2,3);4*1H;/q;;;;;+4/p-4. The molecule has 2 nitrogen and oxygen atoms in total. The number of nitrogens with one attached hydrogen (secondary N) is 1. The second kappa shape index (κ2) is 8.41. The zero-order chi connectivity index (χ0) is 7.21. The summed E-state index contributed by atoms with van der Waals surface area (Å²) < 4.78 is -1.40. The van der Waals surface area contributed by atoms with Crippen molar-refractivity contribution in [2.24, 2.45) is 5.73 Å². The van der Waals surface area contributed by atoms with E-state index in [1.807, 2.05) is 0 Å². The number of rotatable bonds is 0. The fourth-order valence-corrected chi connectivity index (χ4v) is 0. The molecule has 7 heteroatoms. The molecule has 0 aromatic rings. The molecule has 0 saturated heterocycles. The van der Waals surface area contributed by atoms with E-state index in [2.05, 4.69) is 76.8 Å². The predicted octanol–water partition coefficient (Wildman–Crippen LogP) is 2.71. The summed E-state index contributed by atoms with van der Waals surface area (Å²) in [5, 5.41) is 5.86. The van der Waals surface area contributed by atoms with Gasteiger partial charge in [-0.05, 0) is 0 Å². The van der Waals surface area contributed by atoms with E-state index in [0.29, 0.717) is 0 Å². The molecule has 0 amide bonds. The first kappa shape index (κ1) is 13.9. The molecule has 0 bridgehead atoms. The third-order valence-corrected chi connectivity index (χ3v) is 0. The summed E-state index contributed by atoms with van der Waals surface area (Å²) in [5.41, 5.74) is 4.39. The van der Waals surface area contributed by atoms with Crippen LogP contribution in [0.3, 0.4) is 0 Å². The number of halogens is 4. The average Bonchev–Trinajstić information content (AvgIpc) is 1.27. The van der Waals surface area contributed by atoms with Gasteiger partial charge >= 0.3 is 75.0 Å². The van der Waals surface area contributed by atoms with Gasteiger partial charge in [0.1, 0.15) is 0 Å². The van der Waals surface area contributed by atoms with Crippen LogP contribution in [0, 0.1) is 5.41 Å². The van der Waals surface area contributed by atoms with Gasteiger partial charge < -0.3 is 5.73 Å². The average molecular weight is 759 g/mol. The summed E-state index contributed by atoms with van der Waals surface area (Å²) in [6.07, 6.45) is 0.750. The van der Waals surface area contributed by atoms with Crippen LogP contribution in [0.5, 0.6) is 0 Å². The van der Waals surface area contributed by atoms with E-state index in [1.165, 1.54) is 0 Å². The van der Waals surface area contributed by atoms with Crippen molar-refractivity contribution in [3.8, 4) is 0 Å². The van der Waals surface area contributed by atoms with Crippen molar-refractivity contribution in [2.75, 3.05) is 0 Å². The topological polar surface area (TPSA) is 49.9 Å². The van der Waals surface area contributed by atoms with E-state index in [4.69, 9.17) is 5.41 Å². The first-order valence-electron chi connectivity index (χ1n) is 1.38. The third kappa shape index (κ3) is 58.6. The quantitative estimate of drug-likeness (QED) is 0.170. The molecule has 0 saturated carbocycles. The molecule has 0 spiro atoms. The van der Waals surface area contributed by atoms with Crippen molar-refractivity contribution in [2.45, 2.75) is 0 Å². The van der Waals surface area contributed by atoms with E-state index in [-0.39, 0.29) is 0 Å². The van der Waals surface area contributed by atoms with Crippen LogP contribution in [-0.2, 0) is 0 Å². The molecule has 0 radical (unpaired) electrons. The molecule has 0 aliphatic heterocycles. The van der Waals surface area contributed by atoms with E-state index in [1.54, 1.807) is 0 Å². The van der Waals surface area contributed by atoms with Crippen molar-refractivity contribution >= 4 is 81.4 Å². The van der Waals surface area contributed by atoms with Gasteiger partial charge in [0, 0.05) is 0 Å². The summed E-state index contributed by atoms with van der Waals surface area (Å²) in [4.78, 5) is 0. The second-order valence-corrected chi connectivity index (χ2v) is 169. The van der Waals surface area contributed by atoms with Crippen LogP contribution in [0.25, 0.3) is 0 Å². The normalized spacial score (nSPS) is 9.00. The van der Waals surface area contributed by atoms with Gasteiger partial charge in [-0.2, -0.15) is 0 Å². The van der Waals surface area contributed by atoms with Gasteiger partial charge in [0.05, 0.1) is 6.34 Å². The summed E-state index contributed by atoms with van der Waals surface area (Å²) >= 11 is 10.2. The van der Waals surface area contributed by atoms with Crippen LogP contribution in [0.15, 0.2) is 0 Å². The maximum atomic E-state index is 5.86. The Bertz CT molecular complexity index is 53.5. The van der Waals surface area contributed by atoms with Crippen molar-refractivity contribution < 1.29 is 0 Å². The predicted molar refractivity (Wildman–Crippen MR) is 74.8 cm³/mol. The molecule has 8 heavy (non-hydrogen) atoms. The number of nitrogens with two attached hydrogens (primary N) is 1. The van der Waals surface area contributed by atoms with Gasteiger partial charge in [0.25, 0.3) is 0 Å². The molecule has 50 valence electrons. The maximum absolute atomic E-state index is 5.86. The summed E-state index contributed by atoms with van der Waals surface area (Å²) in [7, 11) is 0. The SMILES string of the molecule is N=CN.[I][Pb]([I])([I])[I]. The minimum absolute atomic E-state index is 0.750. The Balaban J connectivity index is 0. The van der Waals surface area contributed by atoms with Crippen LogP contribution in [0.4, 0.5) is 0 Å². The van der Waals surface area contributed by atoms with Crippen LogP contribution in [0.1, 0.15) is 0 Å². The van der Waals surface area contributed by atoms with Crippen LogP contribution < -0.4 is 5.73 Å². The Morgan fingerprint density at radius 3 is 1.25 bits per heavy atom. The molecule has 0 atom stereocenters. The fourth-order valence-electron chi connectivity index (χ4n) is 0. The molecule has 0 rings (SSSR count). The van der Waals surface area contributed by atoms with Crippen LogP contribution >= 0.6 is 71.0 Å². The minimum atomic E-state index is -1.40. The fraction of sp³-hybridized carbons (Fsp3) is 0. The first-order valence-corrected chi connectivity index (χ1v) is 45.1. The van der Waals surface area contributed by atoms with Crippen LogP contribution in [-0.4, -0.2) is 10.3 Å². The molecule has 0 unspecified atom stereocenters. The molecule has 0 heterocycles. The summed E-state index contributed by atoms with van der Waals surface area (Å²) in [5.74, 6) is 0. The zero-order valence-electron chi connectivity index (χ0n) is 3.67. The molecular weight excluding hydrogens is 755 g/mol. The van der Waals surface area contributed by atoms with Gasteiger partial charge in [0.2, 0.25) is 0 Å². The van der Waals surface area contributed by atoms with Crippen LogP contribution in [0.2, 0.25) is 0 Å². The molecular formula is CH4I4N2Pb. The summed E-state index contributed by atoms with van der Waals surface area (Å²) in [6.45, 7) is 0. The number of hydrogen-bond acceptors (Lipinski definition) is 1. The van der Waals surface area contributed by atoms with E-state index >= 15 is 0 Å². The third-order valence-electron chi connectivity index (χ3n) is 0. The van der Waals surface area contributed by atoms with E-state index in [9.17, 15) is 0 Å². The number of hydrogen-bond donors (Lipinski definition) is 2. The van der Waals surface area contributed by atoms with Gasteiger partial charge in [-0.3, -0.25) is 5.41 Å². The van der Waals surface area contributed by atoms with Crippen molar-refractivity contribution in [1.82, 2.24) is 0 Å². The van der Waals surface area contributed by atoms with Gasteiger partial charge in [-0.1, -0.05) is 0 Å². The van der Waals surface area contributed by atoms with Gasteiger partial charge in [0.15, 0.2) is 0 Å². The Hall–Kier alpha value is 3.31. The molecule has 0 fully saturated rings. The van der Waals surface area contributed by atoms with Gasteiger partial charge in [-0.15, -0.1) is 0 Å². The second-order valence-electron chi connectivity index (χ2n) is 0.595. The van der Waals surface area contributed by atoms with E-state index in [0.717, 1.165) is 6.34 Å².